The van der Waals surface area contributed by atoms with E-state index in [0.29, 0.717) is 12.8 Å². The van der Waals surface area contributed by atoms with E-state index in [1.807, 2.05) is 0 Å². The molecule has 1 saturated carbocycles. The lowest BCUT2D eigenvalue weighted by Crippen LogP contribution is -2.43. The fraction of sp³-hybridized carbons (Fsp3) is 0.333. The summed E-state index contributed by atoms with van der Waals surface area (Å²) in [6, 6.07) is 7.06. The highest BCUT2D eigenvalue weighted by atomic mass is 19.1. The number of hydrogen-bond acceptors (Lipinski definition) is 3. The Morgan fingerprint density at radius 2 is 2.04 bits per heavy atom. The number of aliphatic hydroxyl groups is 1. The van der Waals surface area contributed by atoms with Crippen LogP contribution in [0.2, 0.25) is 0 Å². The highest BCUT2D eigenvalue weighted by Crippen LogP contribution is 2.38. The van der Waals surface area contributed by atoms with E-state index in [-0.39, 0.29) is 23.6 Å². The number of benzene rings is 1. The molecular formula is C18H18F2N2O3. The number of carbonyl (C=O) groups is 1. The van der Waals surface area contributed by atoms with Crippen molar-refractivity contribution in [2.24, 2.45) is 5.92 Å². The first-order chi connectivity index (χ1) is 11.9. The number of rotatable bonds is 5. The number of pyridine rings is 1. The Hall–Kier alpha value is -2.54. The van der Waals surface area contributed by atoms with Crippen LogP contribution in [0, 0.1) is 17.6 Å². The van der Waals surface area contributed by atoms with E-state index < -0.39 is 29.7 Å². The van der Waals surface area contributed by atoms with Gasteiger partial charge in [-0.05, 0) is 30.9 Å². The summed E-state index contributed by atoms with van der Waals surface area (Å²) in [5.41, 5.74) is -0.145. The molecule has 0 bridgehead atoms. The molecule has 1 aliphatic rings. The van der Waals surface area contributed by atoms with E-state index in [0.717, 1.165) is 12.1 Å². The molecule has 0 radical (unpaired) electrons. The molecule has 2 aromatic rings. The maximum Gasteiger partial charge on any atom is 0.250 e. The second kappa shape index (κ2) is 7.14. The molecule has 0 unspecified atom stereocenters. The summed E-state index contributed by atoms with van der Waals surface area (Å²) >= 11 is 0. The summed E-state index contributed by atoms with van der Waals surface area (Å²) in [6.07, 6.45) is 1.85. The Morgan fingerprint density at radius 3 is 2.68 bits per heavy atom. The fourth-order valence-corrected chi connectivity index (χ4v) is 3.07. The van der Waals surface area contributed by atoms with E-state index in [9.17, 15) is 23.5 Å². The van der Waals surface area contributed by atoms with Crippen molar-refractivity contribution >= 4 is 5.91 Å². The molecular weight excluding hydrogens is 330 g/mol. The third-order valence-corrected chi connectivity index (χ3v) is 4.45. The lowest BCUT2D eigenvalue weighted by Gasteiger charge is -2.38. The first kappa shape index (κ1) is 17.3. The van der Waals surface area contributed by atoms with Crippen molar-refractivity contribution in [3.05, 3.63) is 70.1 Å². The molecule has 1 aromatic carbocycles. The van der Waals surface area contributed by atoms with Gasteiger partial charge in [-0.25, -0.2) is 8.78 Å². The van der Waals surface area contributed by atoms with Gasteiger partial charge in [-0.1, -0.05) is 12.1 Å². The summed E-state index contributed by atoms with van der Waals surface area (Å²) in [7, 11) is 0. The molecule has 2 N–H and O–H groups in total. The van der Waals surface area contributed by atoms with Gasteiger partial charge in [0.25, 0.3) is 5.56 Å². The van der Waals surface area contributed by atoms with Crippen LogP contribution in [-0.2, 0) is 11.3 Å². The predicted molar refractivity (Wildman–Crippen MR) is 86.7 cm³/mol. The number of aliphatic hydroxyl groups excluding tert-OH is 1. The molecule has 1 aliphatic carbocycles. The van der Waals surface area contributed by atoms with Gasteiger partial charge in [-0.3, -0.25) is 9.59 Å². The van der Waals surface area contributed by atoms with Gasteiger partial charge in [0.2, 0.25) is 5.91 Å². The minimum atomic E-state index is -0.747. The number of nitrogens with zero attached hydrogens (tertiary/aromatic N) is 1. The minimum absolute atomic E-state index is 0.147. The topological polar surface area (TPSA) is 71.3 Å². The van der Waals surface area contributed by atoms with Crippen LogP contribution in [0.3, 0.4) is 0 Å². The van der Waals surface area contributed by atoms with Crippen LogP contribution < -0.4 is 10.9 Å². The van der Waals surface area contributed by atoms with Gasteiger partial charge in [0.1, 0.15) is 18.2 Å². The molecule has 5 nitrogen and oxygen atoms in total. The van der Waals surface area contributed by atoms with Crippen molar-refractivity contribution in [2.75, 3.05) is 0 Å². The number of nitrogens with one attached hydrogen (secondary N) is 1. The minimum Gasteiger partial charge on any atom is -0.393 e. The SMILES string of the molecule is O=C(Cn1ccccc1=O)N[C@H](c1ccc(F)cc1F)C1CC(O)C1. The maximum atomic E-state index is 14.2. The van der Waals surface area contributed by atoms with Crippen molar-refractivity contribution in [2.45, 2.75) is 31.5 Å². The highest BCUT2D eigenvalue weighted by molar-refractivity contribution is 5.76. The van der Waals surface area contributed by atoms with Crippen molar-refractivity contribution in [1.82, 2.24) is 9.88 Å². The molecule has 1 amide bonds. The van der Waals surface area contributed by atoms with Gasteiger partial charge in [0.05, 0.1) is 12.1 Å². The van der Waals surface area contributed by atoms with Gasteiger partial charge < -0.3 is 15.0 Å². The third-order valence-electron chi connectivity index (χ3n) is 4.45. The molecule has 0 spiro atoms. The Morgan fingerprint density at radius 1 is 1.28 bits per heavy atom. The molecule has 0 saturated heterocycles. The monoisotopic (exact) mass is 348 g/mol. The van der Waals surface area contributed by atoms with Crippen molar-refractivity contribution in [3.63, 3.8) is 0 Å². The van der Waals surface area contributed by atoms with Crippen molar-refractivity contribution in [3.8, 4) is 0 Å². The zero-order valence-corrected chi connectivity index (χ0v) is 13.4. The molecule has 7 heteroatoms. The number of amides is 1. The predicted octanol–water partition coefficient (Wildman–Crippen LogP) is 1.75. The van der Waals surface area contributed by atoms with Gasteiger partial charge in [0, 0.05) is 23.9 Å². The molecule has 132 valence electrons. The maximum absolute atomic E-state index is 14.2. The summed E-state index contributed by atoms with van der Waals surface area (Å²) in [5.74, 6) is -2.05. The first-order valence-corrected chi connectivity index (χ1v) is 8.02. The van der Waals surface area contributed by atoms with Crippen LogP contribution in [0.1, 0.15) is 24.4 Å². The quantitative estimate of drug-likeness (QED) is 0.865. The summed E-state index contributed by atoms with van der Waals surface area (Å²) in [6.45, 7) is -0.200. The van der Waals surface area contributed by atoms with E-state index >= 15 is 0 Å². The third kappa shape index (κ3) is 3.93. The second-order valence-electron chi connectivity index (χ2n) is 6.26. The van der Waals surface area contributed by atoms with E-state index in [4.69, 9.17) is 0 Å². The van der Waals surface area contributed by atoms with Crippen LogP contribution in [0.15, 0.2) is 47.4 Å². The summed E-state index contributed by atoms with van der Waals surface area (Å²) in [5, 5.41) is 12.2. The average molecular weight is 348 g/mol. The second-order valence-corrected chi connectivity index (χ2v) is 6.26. The Labute approximate surface area is 142 Å². The van der Waals surface area contributed by atoms with Crippen molar-refractivity contribution < 1.29 is 18.7 Å². The van der Waals surface area contributed by atoms with E-state index in [1.54, 1.807) is 12.1 Å². The van der Waals surface area contributed by atoms with Crippen LogP contribution >= 0.6 is 0 Å². The van der Waals surface area contributed by atoms with Crippen LogP contribution in [0.5, 0.6) is 0 Å². The van der Waals surface area contributed by atoms with E-state index in [2.05, 4.69) is 5.32 Å². The fourth-order valence-electron chi connectivity index (χ4n) is 3.07. The average Bonchev–Trinajstić information content (AvgIpc) is 2.53. The molecule has 3 rings (SSSR count). The summed E-state index contributed by atoms with van der Waals surface area (Å²) in [4.78, 5) is 24.0. The molecule has 1 fully saturated rings. The lowest BCUT2D eigenvalue weighted by atomic mass is 9.75. The number of carbonyl (C=O) groups excluding carboxylic acids is 1. The number of aromatic nitrogens is 1. The first-order valence-electron chi connectivity index (χ1n) is 8.02. The number of hydrogen-bond donors (Lipinski definition) is 2. The van der Waals surface area contributed by atoms with Gasteiger partial charge in [-0.15, -0.1) is 0 Å². The van der Waals surface area contributed by atoms with E-state index in [1.165, 1.54) is 22.9 Å². The Bertz CT molecular complexity index is 831. The molecule has 1 heterocycles. The normalized spacial score (nSPS) is 20.6. The standard InChI is InChI=1S/C18H18F2N2O3/c19-12-4-5-14(15(20)9-12)18(11-7-13(23)8-11)21-16(24)10-22-6-2-1-3-17(22)25/h1-6,9,11,13,18,23H,7-8,10H2,(H,21,24)/t11?,13?,18-/m0/s1. The Kier molecular flexibility index (Phi) is 4.94. The molecule has 0 aliphatic heterocycles. The van der Waals surface area contributed by atoms with Crippen LogP contribution in [0.4, 0.5) is 8.78 Å². The van der Waals surface area contributed by atoms with Crippen LogP contribution in [0.25, 0.3) is 0 Å². The smallest absolute Gasteiger partial charge is 0.250 e. The lowest BCUT2D eigenvalue weighted by molar-refractivity contribution is -0.123. The van der Waals surface area contributed by atoms with Gasteiger partial charge in [-0.2, -0.15) is 0 Å². The Balaban J connectivity index is 1.79. The van der Waals surface area contributed by atoms with Gasteiger partial charge >= 0.3 is 0 Å². The zero-order chi connectivity index (χ0) is 18.0. The molecule has 1 atom stereocenters. The number of halogens is 2. The van der Waals surface area contributed by atoms with Crippen LogP contribution in [-0.4, -0.2) is 21.7 Å². The van der Waals surface area contributed by atoms with Gasteiger partial charge in [0.15, 0.2) is 0 Å². The molecule has 25 heavy (non-hydrogen) atoms. The largest absolute Gasteiger partial charge is 0.393 e. The summed E-state index contributed by atoms with van der Waals surface area (Å²) < 4.78 is 28.5. The highest BCUT2D eigenvalue weighted by Gasteiger charge is 2.36. The zero-order valence-electron chi connectivity index (χ0n) is 13.4. The molecule has 1 aromatic heterocycles. The van der Waals surface area contributed by atoms with Crippen molar-refractivity contribution in [1.29, 1.82) is 0 Å².